The highest BCUT2D eigenvalue weighted by Gasteiger charge is 2.29. The molecule has 0 atom stereocenters. The number of carbonyl (C=O) groups is 1. The predicted molar refractivity (Wildman–Crippen MR) is 158 cm³/mol. The van der Waals surface area contributed by atoms with Gasteiger partial charge in [0.15, 0.2) is 5.13 Å². The Morgan fingerprint density at radius 2 is 1.74 bits per heavy atom. The molecule has 0 N–H and O–H groups in total. The van der Waals surface area contributed by atoms with Crippen LogP contribution in [0.4, 0.5) is 10.8 Å². The third-order valence-corrected chi connectivity index (χ3v) is 9.48. The number of sulfonamides is 1. The van der Waals surface area contributed by atoms with Crippen LogP contribution in [0.3, 0.4) is 0 Å². The van der Waals surface area contributed by atoms with Crippen molar-refractivity contribution >= 4 is 60.7 Å². The fraction of sp³-hybridized carbons (Fsp3) is 0.286. The maximum atomic E-state index is 13.7. The van der Waals surface area contributed by atoms with Crippen LogP contribution in [0.25, 0.3) is 10.2 Å². The van der Waals surface area contributed by atoms with Gasteiger partial charge in [-0.15, -0.1) is 12.4 Å². The lowest BCUT2D eigenvalue weighted by atomic mass is 10.0. The number of likely N-dealkylation sites (N-methyl/N-ethyl adjacent to an activating group) is 1. The lowest BCUT2D eigenvalue weighted by Crippen LogP contribution is -2.37. The first-order valence-corrected chi connectivity index (χ1v) is 14.5. The van der Waals surface area contributed by atoms with Crippen molar-refractivity contribution in [3.05, 3.63) is 83.4 Å². The molecule has 1 amide bonds. The van der Waals surface area contributed by atoms with E-state index in [1.54, 1.807) is 17.0 Å². The molecule has 1 aromatic heterocycles. The molecule has 38 heavy (non-hydrogen) atoms. The second-order valence-electron chi connectivity index (χ2n) is 9.51. The highest BCUT2D eigenvalue weighted by Crippen LogP contribution is 2.33. The Kier molecular flexibility index (Phi) is 8.42. The van der Waals surface area contributed by atoms with Crippen molar-refractivity contribution in [2.24, 2.45) is 0 Å². The number of hydrogen-bond donors (Lipinski definition) is 0. The fourth-order valence-electron chi connectivity index (χ4n) is 4.58. The zero-order chi connectivity index (χ0) is 26.2. The summed E-state index contributed by atoms with van der Waals surface area (Å²) in [6.45, 7) is 3.59. The molecule has 2 heterocycles. The molecule has 1 aliphatic heterocycles. The number of carbonyl (C=O) groups excluding carboxylic acids is 1. The third-order valence-electron chi connectivity index (χ3n) is 6.61. The average molecular weight is 571 g/mol. The van der Waals surface area contributed by atoms with E-state index in [-0.39, 0.29) is 23.2 Å². The summed E-state index contributed by atoms with van der Waals surface area (Å²) in [7, 11) is 0.181. The minimum atomic E-state index is -3.74. The number of para-hydroxylation sites is 2. The topological polar surface area (TPSA) is 73.8 Å². The number of fused-ring (bicyclic) bond motifs is 2. The van der Waals surface area contributed by atoms with Gasteiger partial charge in [-0.1, -0.05) is 41.7 Å². The van der Waals surface area contributed by atoms with E-state index >= 15 is 0 Å². The first kappa shape index (κ1) is 28.0. The number of rotatable bonds is 7. The van der Waals surface area contributed by atoms with E-state index in [1.807, 2.05) is 68.4 Å². The molecule has 0 spiro atoms. The highest BCUT2D eigenvalue weighted by atomic mass is 35.5. The average Bonchev–Trinajstić information content (AvgIpc) is 3.33. The molecule has 10 heteroatoms. The van der Waals surface area contributed by atoms with Crippen molar-refractivity contribution < 1.29 is 13.2 Å². The number of amides is 1. The third kappa shape index (κ3) is 5.42. The standard InChI is InChI=1S/C28H30N4O3S2.ClH/c1-20-8-6-12-25-26(20)29-28(36-25)31(19-18-30(2)3)27(33)22-13-15-23(16-14-22)37(34,35)32-17-7-10-21-9-4-5-11-24(21)32;/h4-6,8-9,11-16H,7,10,17-19H2,1-3H3;1H. The number of benzene rings is 3. The van der Waals surface area contributed by atoms with Gasteiger partial charge in [0.1, 0.15) is 0 Å². The van der Waals surface area contributed by atoms with Crippen molar-refractivity contribution in [2.75, 3.05) is 42.9 Å². The number of anilines is 2. The van der Waals surface area contributed by atoms with Crippen LogP contribution in [0.5, 0.6) is 0 Å². The fourth-order valence-corrected chi connectivity index (χ4v) is 7.18. The van der Waals surface area contributed by atoms with Gasteiger partial charge in [0, 0.05) is 25.2 Å². The van der Waals surface area contributed by atoms with Crippen LogP contribution in [0.2, 0.25) is 0 Å². The SMILES string of the molecule is Cc1cccc2sc(N(CCN(C)C)C(=O)c3ccc(S(=O)(=O)N4CCCc5ccccc54)cc3)nc12.Cl. The first-order chi connectivity index (χ1) is 17.8. The first-order valence-electron chi connectivity index (χ1n) is 12.3. The molecule has 0 fully saturated rings. The van der Waals surface area contributed by atoms with E-state index in [1.165, 1.54) is 27.8 Å². The lowest BCUT2D eigenvalue weighted by Gasteiger charge is -2.30. The Bertz CT molecular complexity index is 1550. The molecule has 7 nitrogen and oxygen atoms in total. The van der Waals surface area contributed by atoms with E-state index in [2.05, 4.69) is 0 Å². The zero-order valence-electron chi connectivity index (χ0n) is 21.6. The molecule has 0 saturated heterocycles. The Hall–Kier alpha value is -2.98. The maximum absolute atomic E-state index is 13.7. The second-order valence-corrected chi connectivity index (χ2v) is 12.4. The van der Waals surface area contributed by atoms with Crippen LogP contribution in [0.1, 0.15) is 27.9 Å². The van der Waals surface area contributed by atoms with Crippen LogP contribution < -0.4 is 9.21 Å². The van der Waals surface area contributed by atoms with Gasteiger partial charge in [0.25, 0.3) is 15.9 Å². The molecule has 0 aliphatic carbocycles. The van der Waals surface area contributed by atoms with Crippen molar-refractivity contribution in [3.63, 3.8) is 0 Å². The van der Waals surface area contributed by atoms with Gasteiger partial charge in [-0.25, -0.2) is 13.4 Å². The molecular weight excluding hydrogens is 540 g/mol. The summed E-state index contributed by atoms with van der Waals surface area (Å²) < 4.78 is 29.5. The summed E-state index contributed by atoms with van der Waals surface area (Å²) in [5.41, 5.74) is 4.15. The van der Waals surface area contributed by atoms with Gasteiger partial charge in [0.05, 0.1) is 20.8 Å². The van der Waals surface area contributed by atoms with Crippen LogP contribution in [-0.2, 0) is 16.4 Å². The van der Waals surface area contributed by atoms with E-state index in [4.69, 9.17) is 4.98 Å². The normalized spacial score (nSPS) is 13.3. The van der Waals surface area contributed by atoms with Gasteiger partial charge in [0.2, 0.25) is 0 Å². The Morgan fingerprint density at radius 3 is 2.45 bits per heavy atom. The number of aromatic nitrogens is 1. The van der Waals surface area contributed by atoms with Gasteiger partial charge in [-0.3, -0.25) is 14.0 Å². The smallest absolute Gasteiger partial charge is 0.264 e. The van der Waals surface area contributed by atoms with E-state index < -0.39 is 10.0 Å². The summed E-state index contributed by atoms with van der Waals surface area (Å²) in [6, 6.07) is 19.9. The number of hydrogen-bond acceptors (Lipinski definition) is 6. The van der Waals surface area contributed by atoms with Gasteiger partial charge < -0.3 is 4.90 Å². The van der Waals surface area contributed by atoms with E-state index in [9.17, 15) is 13.2 Å². The Labute approximate surface area is 234 Å². The number of nitrogens with zero attached hydrogens (tertiary/aromatic N) is 4. The molecule has 200 valence electrons. The summed E-state index contributed by atoms with van der Waals surface area (Å²) in [5.74, 6) is -0.203. The molecule has 1 aliphatic rings. The molecule has 5 rings (SSSR count). The van der Waals surface area contributed by atoms with Gasteiger partial charge >= 0.3 is 0 Å². The molecule has 0 bridgehead atoms. The molecular formula is C28H31ClN4O3S2. The van der Waals surface area contributed by atoms with Crippen LogP contribution >= 0.6 is 23.7 Å². The summed E-state index contributed by atoms with van der Waals surface area (Å²) >= 11 is 1.49. The van der Waals surface area contributed by atoms with Crippen LogP contribution in [0, 0.1) is 6.92 Å². The van der Waals surface area contributed by atoms with Gasteiger partial charge in [-0.05, 0) is 81.4 Å². The van der Waals surface area contributed by atoms with Crippen LogP contribution in [-0.4, -0.2) is 57.9 Å². The zero-order valence-corrected chi connectivity index (χ0v) is 24.1. The minimum Gasteiger partial charge on any atom is -0.308 e. The monoisotopic (exact) mass is 570 g/mol. The van der Waals surface area contributed by atoms with Crippen molar-refractivity contribution in [1.29, 1.82) is 0 Å². The van der Waals surface area contributed by atoms with Crippen LogP contribution in [0.15, 0.2) is 71.6 Å². The Balaban J connectivity index is 0.00000336. The van der Waals surface area contributed by atoms with Gasteiger partial charge in [-0.2, -0.15) is 0 Å². The molecule has 3 aromatic carbocycles. The molecule has 4 aromatic rings. The quantitative estimate of drug-likeness (QED) is 0.298. The maximum Gasteiger partial charge on any atom is 0.264 e. The lowest BCUT2D eigenvalue weighted by molar-refractivity contribution is 0.0985. The van der Waals surface area contributed by atoms with Crippen molar-refractivity contribution in [3.8, 4) is 0 Å². The van der Waals surface area contributed by atoms with Crippen molar-refractivity contribution in [1.82, 2.24) is 9.88 Å². The Morgan fingerprint density at radius 1 is 1.00 bits per heavy atom. The highest BCUT2D eigenvalue weighted by molar-refractivity contribution is 7.92. The molecule has 0 unspecified atom stereocenters. The van der Waals surface area contributed by atoms with E-state index in [0.29, 0.717) is 30.3 Å². The van der Waals surface area contributed by atoms with E-state index in [0.717, 1.165) is 39.9 Å². The predicted octanol–water partition coefficient (Wildman–Crippen LogP) is 5.38. The molecule has 0 saturated carbocycles. The summed E-state index contributed by atoms with van der Waals surface area (Å²) in [5, 5.41) is 0.637. The molecule has 0 radical (unpaired) electrons. The summed E-state index contributed by atoms with van der Waals surface area (Å²) in [4.78, 5) is 22.3. The summed E-state index contributed by atoms with van der Waals surface area (Å²) in [6.07, 6.45) is 1.64. The largest absolute Gasteiger partial charge is 0.308 e. The number of aryl methyl sites for hydroxylation is 2. The minimum absolute atomic E-state index is 0. The number of thiazole rings is 1. The second kappa shape index (κ2) is 11.4. The van der Waals surface area contributed by atoms with Crippen molar-refractivity contribution in [2.45, 2.75) is 24.7 Å². The number of halogens is 1.